The van der Waals surface area contributed by atoms with Gasteiger partial charge in [-0.1, -0.05) is 12.1 Å². The maximum atomic E-state index is 13.1. The Kier molecular flexibility index (Phi) is 4.80. The molecule has 1 saturated heterocycles. The van der Waals surface area contributed by atoms with E-state index in [1.165, 1.54) is 24.3 Å². The Labute approximate surface area is 147 Å². The number of alkyl halides is 3. The first kappa shape index (κ1) is 18.8. The number of hydrogen-bond acceptors (Lipinski definition) is 4. The third-order valence-corrected chi connectivity index (χ3v) is 6.00. The zero-order chi connectivity index (χ0) is 19.1. The quantitative estimate of drug-likeness (QED) is 0.751. The maximum Gasteiger partial charge on any atom is 0.435 e. The van der Waals surface area contributed by atoms with E-state index >= 15 is 0 Å². The highest BCUT2D eigenvalue weighted by Crippen LogP contribution is 2.33. The number of sulfonamides is 1. The fraction of sp³-hybridized carbons (Fsp3) is 0.400. The van der Waals surface area contributed by atoms with Gasteiger partial charge in [-0.2, -0.15) is 22.6 Å². The monoisotopic (exact) mass is 393 g/mol. The van der Waals surface area contributed by atoms with Gasteiger partial charge in [-0.15, -0.1) is 0 Å². The molecule has 26 heavy (non-hydrogen) atoms. The number of nitrogens with zero attached hydrogens (tertiary/aromatic N) is 3. The highest BCUT2D eigenvalue weighted by Gasteiger charge is 2.40. The molecule has 0 aliphatic carbocycles. The van der Waals surface area contributed by atoms with Gasteiger partial charge in [-0.25, -0.2) is 12.8 Å². The van der Waals surface area contributed by atoms with Crippen LogP contribution in [-0.4, -0.2) is 42.3 Å². The minimum atomic E-state index is -4.76. The van der Waals surface area contributed by atoms with Crippen LogP contribution in [-0.2, 0) is 28.0 Å². The third kappa shape index (κ3) is 3.46. The molecule has 6 nitrogen and oxygen atoms in total. The van der Waals surface area contributed by atoms with Crippen molar-refractivity contribution in [1.29, 1.82) is 0 Å². The van der Waals surface area contributed by atoms with Crippen molar-refractivity contribution in [3.8, 4) is 0 Å². The van der Waals surface area contributed by atoms with Gasteiger partial charge >= 0.3 is 6.18 Å². The number of aryl methyl sites for hydroxylation is 1. The van der Waals surface area contributed by atoms with E-state index in [0.717, 1.165) is 11.4 Å². The summed E-state index contributed by atoms with van der Waals surface area (Å²) in [5.41, 5.74) is -0.807. The lowest BCUT2D eigenvalue weighted by atomic mass is 10.1. The van der Waals surface area contributed by atoms with E-state index in [2.05, 4.69) is 5.10 Å². The first-order valence-electron chi connectivity index (χ1n) is 7.57. The van der Waals surface area contributed by atoms with Crippen LogP contribution in [0.25, 0.3) is 0 Å². The third-order valence-electron chi connectivity index (χ3n) is 4.03. The van der Waals surface area contributed by atoms with Gasteiger partial charge in [0, 0.05) is 19.7 Å². The summed E-state index contributed by atoms with van der Waals surface area (Å²) in [5, 5.41) is 2.69. The molecule has 0 saturated carbocycles. The van der Waals surface area contributed by atoms with Crippen LogP contribution in [0.15, 0.2) is 35.4 Å². The maximum absolute atomic E-state index is 13.1. The summed E-state index contributed by atoms with van der Waals surface area (Å²) in [6.45, 7) is 0.0622. The lowest BCUT2D eigenvalue weighted by molar-refractivity contribution is -0.141. The Balaban J connectivity index is 2.01. The minimum Gasteiger partial charge on any atom is -0.378 e. The fourth-order valence-electron chi connectivity index (χ4n) is 2.77. The summed E-state index contributed by atoms with van der Waals surface area (Å²) in [6.07, 6.45) is -4.76. The normalized spacial score (nSPS) is 19.7. The zero-order valence-corrected chi connectivity index (χ0v) is 14.4. The Bertz CT molecular complexity index is 894. The summed E-state index contributed by atoms with van der Waals surface area (Å²) < 4.78 is 84.7. The molecule has 0 amide bonds. The van der Waals surface area contributed by atoms with Crippen LogP contribution < -0.4 is 0 Å². The standard InChI is InChI=1S/C15H15F4N3O3S/c1-21-14(8-13(20-21)15(17,18)19)26(23,24)22-6-7-25-9-12(22)10-2-4-11(16)5-3-10/h2-5,8,12H,6-7,9H2,1H3. The topological polar surface area (TPSA) is 64.4 Å². The van der Waals surface area contributed by atoms with Crippen LogP contribution in [0.3, 0.4) is 0 Å². The van der Waals surface area contributed by atoms with Gasteiger partial charge in [-0.05, 0) is 17.7 Å². The predicted molar refractivity (Wildman–Crippen MR) is 82.1 cm³/mol. The Morgan fingerprint density at radius 2 is 1.88 bits per heavy atom. The smallest absolute Gasteiger partial charge is 0.378 e. The van der Waals surface area contributed by atoms with E-state index in [-0.39, 0.29) is 19.8 Å². The highest BCUT2D eigenvalue weighted by atomic mass is 32.2. The van der Waals surface area contributed by atoms with Gasteiger partial charge in [-0.3, -0.25) is 4.68 Å². The molecule has 142 valence electrons. The number of morpholine rings is 1. The molecule has 1 aliphatic rings. The molecule has 1 fully saturated rings. The second-order valence-electron chi connectivity index (χ2n) is 5.75. The summed E-state index contributed by atoms with van der Waals surface area (Å²) in [6, 6.07) is 4.93. The summed E-state index contributed by atoms with van der Waals surface area (Å²) >= 11 is 0. The SMILES string of the molecule is Cn1nc(C(F)(F)F)cc1S(=O)(=O)N1CCOCC1c1ccc(F)cc1. The van der Waals surface area contributed by atoms with Gasteiger partial charge in [0.25, 0.3) is 10.0 Å². The number of rotatable bonds is 3. The molecular weight excluding hydrogens is 378 g/mol. The highest BCUT2D eigenvalue weighted by molar-refractivity contribution is 7.89. The van der Waals surface area contributed by atoms with Crippen LogP contribution in [0.1, 0.15) is 17.3 Å². The average molecular weight is 393 g/mol. The van der Waals surface area contributed by atoms with Crippen molar-refractivity contribution in [2.24, 2.45) is 7.05 Å². The number of hydrogen-bond donors (Lipinski definition) is 0. The minimum absolute atomic E-state index is 0.00877. The van der Waals surface area contributed by atoms with E-state index in [9.17, 15) is 26.0 Å². The summed E-state index contributed by atoms with van der Waals surface area (Å²) in [4.78, 5) is 0. The second-order valence-corrected chi connectivity index (χ2v) is 7.58. The van der Waals surface area contributed by atoms with Crippen LogP contribution in [0.5, 0.6) is 0 Å². The molecule has 1 aliphatic heterocycles. The van der Waals surface area contributed by atoms with Crippen molar-refractivity contribution in [2.45, 2.75) is 17.2 Å². The Hall–Kier alpha value is -1.98. The van der Waals surface area contributed by atoms with Crippen LogP contribution in [0.2, 0.25) is 0 Å². The van der Waals surface area contributed by atoms with E-state index in [4.69, 9.17) is 4.74 Å². The number of halogens is 4. The first-order valence-corrected chi connectivity index (χ1v) is 9.01. The zero-order valence-electron chi connectivity index (χ0n) is 13.6. The number of benzene rings is 1. The molecule has 11 heteroatoms. The van der Waals surface area contributed by atoms with Crippen LogP contribution >= 0.6 is 0 Å². The number of aromatic nitrogens is 2. The molecule has 0 bridgehead atoms. The molecular formula is C15H15F4N3O3S. The van der Waals surface area contributed by atoms with Crippen molar-refractivity contribution in [2.75, 3.05) is 19.8 Å². The van der Waals surface area contributed by atoms with Crippen LogP contribution in [0, 0.1) is 5.82 Å². The molecule has 0 radical (unpaired) electrons. The first-order chi connectivity index (χ1) is 12.1. The molecule has 1 aromatic carbocycles. The van der Waals surface area contributed by atoms with Gasteiger partial charge in [0.1, 0.15) is 5.82 Å². The predicted octanol–water partition coefficient (Wildman–Crippen LogP) is 2.34. The van der Waals surface area contributed by atoms with Crippen molar-refractivity contribution in [1.82, 2.24) is 14.1 Å². The molecule has 1 aromatic heterocycles. The lowest BCUT2D eigenvalue weighted by Gasteiger charge is -2.34. The molecule has 2 aromatic rings. The van der Waals surface area contributed by atoms with Crippen molar-refractivity contribution >= 4 is 10.0 Å². The van der Waals surface area contributed by atoms with E-state index in [1.54, 1.807) is 0 Å². The summed E-state index contributed by atoms with van der Waals surface area (Å²) in [5.74, 6) is -0.485. The second kappa shape index (κ2) is 6.63. The molecule has 0 N–H and O–H groups in total. The molecule has 1 atom stereocenters. The van der Waals surface area contributed by atoms with Gasteiger partial charge in [0.15, 0.2) is 10.7 Å². The molecule has 3 rings (SSSR count). The molecule has 1 unspecified atom stereocenters. The van der Waals surface area contributed by atoms with Gasteiger partial charge < -0.3 is 4.74 Å². The number of ether oxygens (including phenoxy) is 1. The lowest BCUT2D eigenvalue weighted by Crippen LogP contribution is -2.43. The van der Waals surface area contributed by atoms with Crippen molar-refractivity contribution in [3.05, 3.63) is 47.4 Å². The fourth-order valence-corrected chi connectivity index (χ4v) is 4.48. The van der Waals surface area contributed by atoms with Crippen LogP contribution in [0.4, 0.5) is 17.6 Å². The van der Waals surface area contributed by atoms with Gasteiger partial charge in [0.2, 0.25) is 0 Å². The largest absolute Gasteiger partial charge is 0.435 e. The summed E-state index contributed by atoms with van der Waals surface area (Å²) in [7, 11) is -3.15. The van der Waals surface area contributed by atoms with Gasteiger partial charge in [0.05, 0.1) is 19.3 Å². The van der Waals surface area contributed by atoms with E-state index in [1.807, 2.05) is 0 Å². The Morgan fingerprint density at radius 3 is 2.46 bits per heavy atom. The van der Waals surface area contributed by atoms with Crippen molar-refractivity contribution < 1.29 is 30.7 Å². The molecule has 2 heterocycles. The van der Waals surface area contributed by atoms with Crippen molar-refractivity contribution in [3.63, 3.8) is 0 Å². The van der Waals surface area contributed by atoms with E-state index < -0.39 is 38.8 Å². The molecule has 0 spiro atoms. The average Bonchev–Trinajstić information content (AvgIpc) is 2.98. The van der Waals surface area contributed by atoms with E-state index in [0.29, 0.717) is 16.3 Å². The Morgan fingerprint density at radius 1 is 1.23 bits per heavy atom.